The van der Waals surface area contributed by atoms with Crippen LogP contribution in [0.4, 0.5) is 0 Å². The van der Waals surface area contributed by atoms with Crippen LogP contribution in [0.2, 0.25) is 0 Å². The van der Waals surface area contributed by atoms with E-state index in [1.807, 2.05) is 48.7 Å². The van der Waals surface area contributed by atoms with E-state index in [4.69, 9.17) is 4.74 Å². The van der Waals surface area contributed by atoms with Crippen LogP contribution in [0.5, 0.6) is 5.75 Å². The topological polar surface area (TPSA) is 38.3 Å². The summed E-state index contributed by atoms with van der Waals surface area (Å²) in [6.45, 7) is 8.67. The molecule has 0 bridgehead atoms. The lowest BCUT2D eigenvalue weighted by Gasteiger charge is -2.13. The predicted octanol–water partition coefficient (Wildman–Crippen LogP) is 5.74. The summed E-state index contributed by atoms with van der Waals surface area (Å²) in [5.41, 5.74) is 5.61. The Morgan fingerprint density at radius 1 is 1.07 bits per heavy atom. The minimum absolute atomic E-state index is 0.0293. The van der Waals surface area contributed by atoms with Gasteiger partial charge >= 0.3 is 0 Å². The standard InChI is InChI=1S/C23H25NO2S/c1-15-10-16(2)22(17(3)11-15)26-13-19-12-21(27-14-19)23(25)24-18(4)20-8-6-5-7-9-20/h5-12,14,18H,13H2,1-4H3,(H,24,25). The Labute approximate surface area is 165 Å². The van der Waals surface area contributed by atoms with E-state index in [0.29, 0.717) is 11.5 Å². The third-order valence-corrected chi connectivity index (χ3v) is 5.49. The minimum atomic E-state index is -0.0506. The number of hydrogen-bond acceptors (Lipinski definition) is 3. The Hall–Kier alpha value is -2.59. The molecule has 2 aromatic carbocycles. The number of benzene rings is 2. The molecule has 140 valence electrons. The van der Waals surface area contributed by atoms with Crippen LogP contribution >= 0.6 is 11.3 Å². The zero-order valence-corrected chi connectivity index (χ0v) is 17.0. The van der Waals surface area contributed by atoms with Crippen molar-refractivity contribution >= 4 is 17.2 Å². The first kappa shape index (κ1) is 19.2. The number of thiophene rings is 1. The summed E-state index contributed by atoms with van der Waals surface area (Å²) in [6, 6.07) is 16.1. The third-order valence-electron chi connectivity index (χ3n) is 4.51. The average molecular weight is 380 g/mol. The molecular weight excluding hydrogens is 354 g/mol. The largest absolute Gasteiger partial charge is 0.488 e. The van der Waals surface area contributed by atoms with Gasteiger partial charge in [-0.25, -0.2) is 0 Å². The number of carbonyl (C=O) groups is 1. The average Bonchev–Trinajstić information content (AvgIpc) is 3.10. The highest BCUT2D eigenvalue weighted by Gasteiger charge is 2.14. The van der Waals surface area contributed by atoms with E-state index in [1.165, 1.54) is 16.9 Å². The monoisotopic (exact) mass is 379 g/mol. The molecule has 3 nitrogen and oxygen atoms in total. The second-order valence-electron chi connectivity index (χ2n) is 6.94. The number of carbonyl (C=O) groups excluding carboxylic acids is 1. The summed E-state index contributed by atoms with van der Waals surface area (Å²) in [5.74, 6) is 0.876. The molecule has 1 heterocycles. The Balaban J connectivity index is 1.62. The van der Waals surface area contributed by atoms with Crippen LogP contribution in [0.3, 0.4) is 0 Å². The van der Waals surface area contributed by atoms with Crippen molar-refractivity contribution in [2.24, 2.45) is 0 Å². The molecular formula is C23H25NO2S. The fraction of sp³-hybridized carbons (Fsp3) is 0.261. The van der Waals surface area contributed by atoms with Crippen molar-refractivity contribution < 1.29 is 9.53 Å². The van der Waals surface area contributed by atoms with Gasteiger partial charge in [-0.05, 0) is 55.8 Å². The van der Waals surface area contributed by atoms with Crippen molar-refractivity contribution in [2.45, 2.75) is 40.3 Å². The third kappa shape index (κ3) is 4.77. The summed E-state index contributed by atoms with van der Waals surface area (Å²) in [7, 11) is 0. The molecule has 0 radical (unpaired) electrons. The van der Waals surface area contributed by atoms with Gasteiger partial charge in [0.05, 0.1) is 10.9 Å². The highest BCUT2D eigenvalue weighted by atomic mass is 32.1. The zero-order chi connectivity index (χ0) is 19.4. The molecule has 0 aliphatic heterocycles. The van der Waals surface area contributed by atoms with E-state index < -0.39 is 0 Å². The van der Waals surface area contributed by atoms with E-state index in [1.54, 1.807) is 0 Å². The van der Waals surface area contributed by atoms with Crippen molar-refractivity contribution in [3.8, 4) is 5.75 Å². The Bertz CT molecular complexity index is 908. The first-order valence-corrected chi connectivity index (χ1v) is 9.96. The second-order valence-corrected chi connectivity index (χ2v) is 7.85. The molecule has 0 fully saturated rings. The zero-order valence-electron chi connectivity index (χ0n) is 16.2. The summed E-state index contributed by atoms with van der Waals surface area (Å²) < 4.78 is 6.03. The van der Waals surface area contributed by atoms with Gasteiger partial charge in [-0.15, -0.1) is 11.3 Å². The smallest absolute Gasteiger partial charge is 0.261 e. The maximum absolute atomic E-state index is 12.5. The lowest BCUT2D eigenvalue weighted by molar-refractivity contribution is 0.0944. The summed E-state index contributed by atoms with van der Waals surface area (Å²) in [4.78, 5) is 13.2. The molecule has 4 heteroatoms. The highest BCUT2D eigenvalue weighted by Crippen LogP contribution is 2.26. The van der Waals surface area contributed by atoms with Crippen molar-refractivity contribution in [2.75, 3.05) is 0 Å². The maximum atomic E-state index is 12.5. The second kappa shape index (κ2) is 8.40. The van der Waals surface area contributed by atoms with Crippen LogP contribution < -0.4 is 10.1 Å². The molecule has 0 saturated heterocycles. The van der Waals surface area contributed by atoms with Crippen LogP contribution in [-0.2, 0) is 6.61 Å². The first-order valence-electron chi connectivity index (χ1n) is 9.08. The lowest BCUT2D eigenvalue weighted by Crippen LogP contribution is -2.25. The Morgan fingerprint density at radius 3 is 2.41 bits per heavy atom. The number of aryl methyl sites for hydroxylation is 3. The van der Waals surface area contributed by atoms with Gasteiger partial charge < -0.3 is 10.1 Å². The van der Waals surface area contributed by atoms with Crippen molar-refractivity contribution in [3.63, 3.8) is 0 Å². The molecule has 1 N–H and O–H groups in total. The summed E-state index contributed by atoms with van der Waals surface area (Å²) in [5, 5.41) is 5.04. The predicted molar refractivity (Wildman–Crippen MR) is 112 cm³/mol. The SMILES string of the molecule is Cc1cc(C)c(OCc2csc(C(=O)NC(C)c3ccccc3)c2)c(C)c1. The van der Waals surface area contributed by atoms with Gasteiger partial charge in [0.1, 0.15) is 12.4 Å². The molecule has 0 spiro atoms. The molecule has 1 unspecified atom stereocenters. The first-order chi connectivity index (χ1) is 12.9. The van der Waals surface area contributed by atoms with Gasteiger partial charge in [0, 0.05) is 5.56 Å². The van der Waals surface area contributed by atoms with E-state index in [-0.39, 0.29) is 11.9 Å². The van der Waals surface area contributed by atoms with Gasteiger partial charge in [0.2, 0.25) is 0 Å². The Kier molecular flexibility index (Phi) is 5.97. The minimum Gasteiger partial charge on any atom is -0.488 e. The normalized spacial score (nSPS) is 11.9. The molecule has 1 aromatic heterocycles. The van der Waals surface area contributed by atoms with Crippen molar-refractivity contribution in [3.05, 3.63) is 86.6 Å². The van der Waals surface area contributed by atoms with Gasteiger partial charge in [-0.3, -0.25) is 4.79 Å². The number of hydrogen-bond donors (Lipinski definition) is 1. The molecule has 3 aromatic rings. The van der Waals surface area contributed by atoms with E-state index in [0.717, 1.165) is 28.0 Å². The number of rotatable bonds is 6. The molecule has 1 amide bonds. The van der Waals surface area contributed by atoms with Gasteiger partial charge in [0.25, 0.3) is 5.91 Å². The van der Waals surface area contributed by atoms with Crippen LogP contribution in [0, 0.1) is 20.8 Å². The van der Waals surface area contributed by atoms with Crippen LogP contribution in [0.25, 0.3) is 0 Å². The summed E-state index contributed by atoms with van der Waals surface area (Å²) in [6.07, 6.45) is 0. The molecule has 27 heavy (non-hydrogen) atoms. The molecule has 0 aliphatic rings. The van der Waals surface area contributed by atoms with Gasteiger partial charge in [-0.1, -0.05) is 48.0 Å². The molecule has 0 aliphatic carbocycles. The highest BCUT2D eigenvalue weighted by molar-refractivity contribution is 7.12. The van der Waals surface area contributed by atoms with Crippen molar-refractivity contribution in [1.29, 1.82) is 0 Å². The van der Waals surface area contributed by atoms with E-state index in [9.17, 15) is 4.79 Å². The fourth-order valence-corrected chi connectivity index (χ4v) is 4.01. The van der Waals surface area contributed by atoms with Gasteiger partial charge in [0.15, 0.2) is 0 Å². The molecule has 1 atom stereocenters. The maximum Gasteiger partial charge on any atom is 0.261 e. The molecule has 3 rings (SSSR count). The van der Waals surface area contributed by atoms with E-state index in [2.05, 4.69) is 38.2 Å². The van der Waals surface area contributed by atoms with Crippen LogP contribution in [0.15, 0.2) is 53.9 Å². The lowest BCUT2D eigenvalue weighted by atomic mass is 10.1. The van der Waals surface area contributed by atoms with E-state index >= 15 is 0 Å². The number of nitrogens with one attached hydrogen (secondary N) is 1. The number of ether oxygens (including phenoxy) is 1. The van der Waals surface area contributed by atoms with Crippen LogP contribution in [-0.4, -0.2) is 5.91 Å². The summed E-state index contributed by atoms with van der Waals surface area (Å²) >= 11 is 1.45. The quantitative estimate of drug-likeness (QED) is 0.593. The number of amides is 1. The fourth-order valence-electron chi connectivity index (χ4n) is 3.21. The van der Waals surface area contributed by atoms with Gasteiger partial charge in [-0.2, -0.15) is 0 Å². The van der Waals surface area contributed by atoms with Crippen LogP contribution in [0.1, 0.15) is 50.5 Å². The van der Waals surface area contributed by atoms with Crippen molar-refractivity contribution in [1.82, 2.24) is 5.32 Å². The Morgan fingerprint density at radius 2 is 1.74 bits per heavy atom. The molecule has 0 saturated carbocycles.